The van der Waals surface area contributed by atoms with Gasteiger partial charge in [-0.25, -0.2) is 0 Å². The van der Waals surface area contributed by atoms with Crippen LogP contribution in [0.25, 0.3) is 11.4 Å². The molecule has 2 aromatic heterocycles. The number of thiazole rings is 1. The zero-order valence-electron chi connectivity index (χ0n) is 13.6. The van der Waals surface area contributed by atoms with Crippen molar-refractivity contribution in [2.24, 2.45) is 0 Å². The highest BCUT2D eigenvalue weighted by molar-refractivity contribution is 7.07. The molecular formula is C19H19N3OS. The third-order valence-corrected chi connectivity index (χ3v) is 5.47. The van der Waals surface area contributed by atoms with Gasteiger partial charge in [-0.2, -0.15) is 0 Å². The van der Waals surface area contributed by atoms with Crippen molar-refractivity contribution in [3.05, 3.63) is 74.8 Å². The number of rotatable bonds is 4. The second kappa shape index (κ2) is 6.34. The average Bonchev–Trinajstić information content (AvgIpc) is 3.20. The summed E-state index contributed by atoms with van der Waals surface area (Å²) in [5.41, 5.74) is 4.56. The molecule has 0 bridgehead atoms. The molecule has 24 heavy (non-hydrogen) atoms. The minimum Gasteiger partial charge on any atom is -0.284 e. The summed E-state index contributed by atoms with van der Waals surface area (Å²) in [6, 6.07) is 14.8. The van der Waals surface area contributed by atoms with Crippen LogP contribution in [0.3, 0.4) is 0 Å². The number of aromatic nitrogens is 2. The molecule has 0 amide bonds. The van der Waals surface area contributed by atoms with Gasteiger partial charge in [-0.1, -0.05) is 41.7 Å². The zero-order valence-corrected chi connectivity index (χ0v) is 14.4. The molecule has 0 fully saturated rings. The van der Waals surface area contributed by atoms with Crippen molar-refractivity contribution in [3.8, 4) is 11.4 Å². The van der Waals surface area contributed by atoms with E-state index in [1.807, 2.05) is 28.1 Å². The molecule has 1 aromatic carbocycles. The first-order chi connectivity index (χ1) is 11.7. The van der Waals surface area contributed by atoms with Crippen LogP contribution in [-0.4, -0.2) is 21.5 Å². The molecule has 0 radical (unpaired) electrons. The minimum absolute atomic E-state index is 0.0637. The average molecular weight is 337 g/mol. The Morgan fingerprint density at radius 3 is 2.92 bits per heavy atom. The normalized spacial score (nSPS) is 16.5. The Labute approximate surface area is 145 Å². The van der Waals surface area contributed by atoms with Gasteiger partial charge in [-0.15, -0.1) is 0 Å². The van der Waals surface area contributed by atoms with E-state index in [2.05, 4.69) is 41.2 Å². The first-order valence-corrected chi connectivity index (χ1v) is 9.00. The van der Waals surface area contributed by atoms with Crippen molar-refractivity contribution < 1.29 is 0 Å². The Hall–Kier alpha value is -2.24. The Morgan fingerprint density at radius 2 is 2.08 bits per heavy atom. The highest BCUT2D eigenvalue weighted by atomic mass is 32.1. The van der Waals surface area contributed by atoms with Gasteiger partial charge in [0.2, 0.25) is 0 Å². The highest BCUT2D eigenvalue weighted by Crippen LogP contribution is 2.35. The van der Waals surface area contributed by atoms with Gasteiger partial charge in [0, 0.05) is 17.6 Å². The van der Waals surface area contributed by atoms with Crippen LogP contribution in [-0.2, 0) is 13.1 Å². The molecule has 1 aliphatic carbocycles. The predicted molar refractivity (Wildman–Crippen MR) is 97.1 cm³/mol. The molecule has 0 saturated heterocycles. The van der Waals surface area contributed by atoms with Gasteiger partial charge in [-0.3, -0.25) is 19.2 Å². The third kappa shape index (κ3) is 2.70. The quantitative estimate of drug-likeness (QED) is 0.731. The molecule has 1 aliphatic rings. The van der Waals surface area contributed by atoms with Crippen LogP contribution in [0.2, 0.25) is 0 Å². The largest absolute Gasteiger partial charge is 0.308 e. The second-order valence-electron chi connectivity index (χ2n) is 6.18. The van der Waals surface area contributed by atoms with E-state index in [9.17, 15) is 4.79 Å². The monoisotopic (exact) mass is 337 g/mol. The molecule has 0 aliphatic heterocycles. The number of pyridine rings is 1. The van der Waals surface area contributed by atoms with E-state index in [0.717, 1.165) is 24.2 Å². The van der Waals surface area contributed by atoms with Gasteiger partial charge in [-0.05, 0) is 43.1 Å². The Morgan fingerprint density at radius 1 is 1.25 bits per heavy atom. The zero-order chi connectivity index (χ0) is 16.5. The summed E-state index contributed by atoms with van der Waals surface area (Å²) in [5.74, 6) is 0. The van der Waals surface area contributed by atoms with Crippen molar-refractivity contribution in [2.75, 3.05) is 7.05 Å². The molecular weight excluding hydrogens is 318 g/mol. The van der Waals surface area contributed by atoms with Gasteiger partial charge >= 0.3 is 4.87 Å². The van der Waals surface area contributed by atoms with E-state index >= 15 is 0 Å². The molecule has 0 unspecified atom stereocenters. The fourth-order valence-corrected chi connectivity index (χ4v) is 4.24. The molecule has 0 spiro atoms. The Balaban J connectivity index is 1.63. The molecule has 2 heterocycles. The molecule has 3 aromatic rings. The number of aryl methyl sites for hydroxylation is 1. The maximum absolute atomic E-state index is 12.3. The number of fused-ring (bicyclic) bond motifs is 1. The van der Waals surface area contributed by atoms with Gasteiger partial charge in [0.25, 0.3) is 0 Å². The van der Waals surface area contributed by atoms with Gasteiger partial charge in [0.1, 0.15) is 0 Å². The van der Waals surface area contributed by atoms with E-state index in [4.69, 9.17) is 0 Å². The van der Waals surface area contributed by atoms with Crippen LogP contribution in [0.4, 0.5) is 0 Å². The lowest BCUT2D eigenvalue weighted by Gasteiger charge is -2.26. The number of hydrogen-bond donors (Lipinski definition) is 0. The van der Waals surface area contributed by atoms with E-state index in [1.54, 1.807) is 6.20 Å². The van der Waals surface area contributed by atoms with Crippen molar-refractivity contribution in [1.29, 1.82) is 0 Å². The summed E-state index contributed by atoms with van der Waals surface area (Å²) in [7, 11) is 2.10. The van der Waals surface area contributed by atoms with Crippen molar-refractivity contribution in [1.82, 2.24) is 14.5 Å². The minimum atomic E-state index is 0.0637. The summed E-state index contributed by atoms with van der Waals surface area (Å²) in [4.78, 5) is 19.1. The first-order valence-electron chi connectivity index (χ1n) is 8.12. The van der Waals surface area contributed by atoms with Gasteiger partial charge in [0.05, 0.1) is 18.1 Å². The van der Waals surface area contributed by atoms with E-state index in [0.29, 0.717) is 12.7 Å². The Bertz CT molecular complexity index is 900. The van der Waals surface area contributed by atoms with Crippen LogP contribution in [0.5, 0.6) is 0 Å². The van der Waals surface area contributed by atoms with Crippen LogP contribution in [0.1, 0.15) is 23.6 Å². The molecule has 1 atom stereocenters. The maximum atomic E-state index is 12.3. The van der Waals surface area contributed by atoms with Crippen LogP contribution >= 0.6 is 11.3 Å². The second-order valence-corrected chi connectivity index (χ2v) is 7.00. The summed E-state index contributed by atoms with van der Waals surface area (Å²) in [6.07, 6.45) is 3.98. The van der Waals surface area contributed by atoms with Crippen molar-refractivity contribution >= 4 is 11.3 Å². The molecule has 0 saturated carbocycles. The van der Waals surface area contributed by atoms with Gasteiger partial charge in [0.15, 0.2) is 0 Å². The summed E-state index contributed by atoms with van der Waals surface area (Å²) >= 11 is 1.24. The molecule has 0 N–H and O–H groups in total. The predicted octanol–water partition coefficient (Wildman–Crippen LogP) is 3.55. The number of nitrogens with zero attached hydrogens (tertiary/aromatic N) is 3. The lowest BCUT2D eigenvalue weighted by Crippen LogP contribution is -2.30. The Kier molecular flexibility index (Phi) is 4.04. The van der Waals surface area contributed by atoms with Crippen molar-refractivity contribution in [3.63, 3.8) is 0 Å². The standard InChI is InChI=1S/C19H19N3OS/c1-21(17-10-9-14-6-2-3-7-15(14)17)13-22-18(12-24-19(22)23)16-8-4-5-11-20-16/h2-8,11-12,17H,9-10,13H2,1H3/t17-/m0/s1. The summed E-state index contributed by atoms with van der Waals surface area (Å²) < 4.78 is 1.83. The van der Waals surface area contributed by atoms with Crippen LogP contribution in [0.15, 0.2) is 58.8 Å². The highest BCUT2D eigenvalue weighted by Gasteiger charge is 2.26. The van der Waals surface area contributed by atoms with Crippen molar-refractivity contribution in [2.45, 2.75) is 25.6 Å². The molecule has 5 heteroatoms. The van der Waals surface area contributed by atoms with Crippen LogP contribution < -0.4 is 4.87 Å². The molecule has 4 rings (SSSR count). The molecule has 4 nitrogen and oxygen atoms in total. The summed E-state index contributed by atoms with van der Waals surface area (Å²) in [6.45, 7) is 0.577. The SMILES string of the molecule is CN(Cn1c(-c2ccccn2)csc1=O)[C@H]1CCc2ccccc21. The smallest absolute Gasteiger partial charge is 0.284 e. The summed E-state index contributed by atoms with van der Waals surface area (Å²) in [5, 5.41) is 1.90. The maximum Gasteiger partial charge on any atom is 0.308 e. The fourth-order valence-electron chi connectivity index (χ4n) is 3.49. The molecule has 122 valence electrons. The lowest BCUT2D eigenvalue weighted by atomic mass is 10.1. The third-order valence-electron chi connectivity index (χ3n) is 4.71. The lowest BCUT2D eigenvalue weighted by molar-refractivity contribution is 0.193. The van der Waals surface area contributed by atoms with E-state index < -0.39 is 0 Å². The van der Waals surface area contributed by atoms with E-state index in [1.165, 1.54) is 22.5 Å². The topological polar surface area (TPSA) is 38.1 Å². The van der Waals surface area contributed by atoms with E-state index in [-0.39, 0.29) is 4.87 Å². The number of benzene rings is 1. The number of hydrogen-bond acceptors (Lipinski definition) is 4. The van der Waals surface area contributed by atoms with Crippen LogP contribution in [0, 0.1) is 0 Å². The fraction of sp³-hybridized carbons (Fsp3) is 0.263. The van der Waals surface area contributed by atoms with Gasteiger partial charge < -0.3 is 0 Å². The first kappa shape index (κ1) is 15.3.